The zero-order valence-corrected chi connectivity index (χ0v) is 15.5. The Morgan fingerprint density at radius 2 is 2.00 bits per heavy atom. The first-order valence-electron chi connectivity index (χ1n) is 8.25. The monoisotopic (exact) mass is 371 g/mol. The molecular formula is C18H27BrClN. The van der Waals surface area contributed by atoms with E-state index in [2.05, 4.69) is 47.4 Å². The molecule has 0 heterocycles. The minimum atomic E-state index is 0.547. The fourth-order valence-corrected chi connectivity index (χ4v) is 4.47. The number of rotatable bonds is 6. The average Bonchev–Trinajstić information content (AvgIpc) is 2.48. The molecule has 0 saturated heterocycles. The SMILES string of the molecule is CCCC1CCC(C(Cc2ccc(Br)cc2Cl)NC)CC1. The van der Waals surface area contributed by atoms with Gasteiger partial charge in [-0.15, -0.1) is 0 Å². The molecule has 1 aliphatic carbocycles. The Balaban J connectivity index is 1.94. The largest absolute Gasteiger partial charge is 0.316 e. The molecule has 2 rings (SSSR count). The van der Waals surface area contributed by atoms with Gasteiger partial charge in [0.1, 0.15) is 0 Å². The Labute approximate surface area is 143 Å². The number of hydrogen-bond acceptors (Lipinski definition) is 1. The van der Waals surface area contributed by atoms with Gasteiger partial charge in [-0.1, -0.05) is 66.2 Å². The van der Waals surface area contributed by atoms with Crippen LogP contribution in [0.3, 0.4) is 0 Å². The van der Waals surface area contributed by atoms with Crippen molar-refractivity contribution in [3.8, 4) is 0 Å². The van der Waals surface area contributed by atoms with Gasteiger partial charge in [0.05, 0.1) is 0 Å². The fraction of sp³-hybridized carbons (Fsp3) is 0.667. The Bertz CT molecular complexity index is 441. The minimum Gasteiger partial charge on any atom is -0.316 e. The molecule has 21 heavy (non-hydrogen) atoms. The molecule has 0 aliphatic heterocycles. The van der Waals surface area contributed by atoms with Crippen LogP contribution in [0, 0.1) is 11.8 Å². The molecule has 0 radical (unpaired) electrons. The summed E-state index contributed by atoms with van der Waals surface area (Å²) in [7, 11) is 2.09. The van der Waals surface area contributed by atoms with Crippen molar-refractivity contribution in [2.24, 2.45) is 11.8 Å². The molecule has 0 bridgehead atoms. The lowest BCUT2D eigenvalue weighted by Crippen LogP contribution is -2.37. The summed E-state index contributed by atoms with van der Waals surface area (Å²) >= 11 is 9.85. The third-order valence-corrected chi connectivity index (χ3v) is 5.83. The van der Waals surface area contributed by atoms with E-state index in [1.165, 1.54) is 44.1 Å². The minimum absolute atomic E-state index is 0.547. The third kappa shape index (κ3) is 4.97. The standard InChI is InChI=1S/C18H27BrClN/c1-3-4-13-5-7-14(8-6-13)18(21-2)11-15-9-10-16(19)12-17(15)20/h9-10,12-14,18,21H,3-8,11H2,1-2H3. The zero-order valence-electron chi connectivity index (χ0n) is 13.2. The third-order valence-electron chi connectivity index (χ3n) is 4.98. The lowest BCUT2D eigenvalue weighted by Gasteiger charge is -2.34. The molecule has 1 aliphatic rings. The Kier molecular flexibility index (Phi) is 7.04. The molecule has 1 atom stereocenters. The molecule has 0 aromatic heterocycles. The van der Waals surface area contributed by atoms with Crippen LogP contribution in [0.5, 0.6) is 0 Å². The molecule has 1 N–H and O–H groups in total. The summed E-state index contributed by atoms with van der Waals surface area (Å²) in [4.78, 5) is 0. The summed E-state index contributed by atoms with van der Waals surface area (Å²) in [6, 6.07) is 6.79. The molecule has 0 amide bonds. The zero-order chi connectivity index (χ0) is 15.2. The van der Waals surface area contributed by atoms with Crippen LogP contribution in [-0.4, -0.2) is 13.1 Å². The second-order valence-electron chi connectivity index (χ2n) is 6.40. The molecule has 1 saturated carbocycles. The maximum atomic E-state index is 6.38. The molecule has 0 spiro atoms. The summed E-state index contributed by atoms with van der Waals surface area (Å²) in [6.45, 7) is 2.30. The van der Waals surface area contributed by atoms with E-state index in [4.69, 9.17) is 11.6 Å². The van der Waals surface area contributed by atoms with E-state index in [0.717, 1.165) is 27.8 Å². The molecule has 1 aromatic rings. The van der Waals surface area contributed by atoms with Gasteiger partial charge >= 0.3 is 0 Å². The van der Waals surface area contributed by atoms with Crippen LogP contribution < -0.4 is 5.32 Å². The van der Waals surface area contributed by atoms with Crippen molar-refractivity contribution in [1.82, 2.24) is 5.32 Å². The Morgan fingerprint density at radius 3 is 2.57 bits per heavy atom. The predicted molar refractivity (Wildman–Crippen MR) is 96.1 cm³/mol. The summed E-state index contributed by atoms with van der Waals surface area (Å²) in [6.07, 6.45) is 9.32. The second-order valence-corrected chi connectivity index (χ2v) is 7.73. The summed E-state index contributed by atoms with van der Waals surface area (Å²) in [5.41, 5.74) is 1.26. The first-order valence-corrected chi connectivity index (χ1v) is 9.42. The highest BCUT2D eigenvalue weighted by molar-refractivity contribution is 9.10. The number of likely N-dealkylation sites (N-methyl/N-ethyl adjacent to an activating group) is 1. The second kappa shape index (κ2) is 8.55. The lowest BCUT2D eigenvalue weighted by atomic mass is 9.76. The maximum Gasteiger partial charge on any atom is 0.0449 e. The van der Waals surface area contributed by atoms with Gasteiger partial charge in [-0.2, -0.15) is 0 Å². The van der Waals surface area contributed by atoms with E-state index in [-0.39, 0.29) is 0 Å². The molecular weight excluding hydrogens is 346 g/mol. The van der Waals surface area contributed by atoms with Gasteiger partial charge in [0.2, 0.25) is 0 Å². The summed E-state index contributed by atoms with van der Waals surface area (Å²) < 4.78 is 1.05. The fourth-order valence-electron chi connectivity index (χ4n) is 3.72. The van der Waals surface area contributed by atoms with E-state index in [0.29, 0.717) is 6.04 Å². The van der Waals surface area contributed by atoms with Crippen LogP contribution in [0.2, 0.25) is 5.02 Å². The first kappa shape index (κ1) is 17.3. The molecule has 1 nitrogen and oxygen atoms in total. The van der Waals surface area contributed by atoms with Crippen LogP contribution >= 0.6 is 27.5 Å². The summed E-state index contributed by atoms with van der Waals surface area (Å²) in [5.74, 6) is 1.77. The number of halogens is 2. The van der Waals surface area contributed by atoms with Crippen molar-refractivity contribution in [3.63, 3.8) is 0 Å². The van der Waals surface area contributed by atoms with Crippen molar-refractivity contribution in [2.45, 2.75) is 57.9 Å². The van der Waals surface area contributed by atoms with Crippen LogP contribution in [0.25, 0.3) is 0 Å². The van der Waals surface area contributed by atoms with Gasteiger partial charge in [-0.25, -0.2) is 0 Å². The molecule has 3 heteroatoms. The van der Waals surface area contributed by atoms with Gasteiger partial charge in [-0.05, 0) is 55.8 Å². The van der Waals surface area contributed by atoms with E-state index >= 15 is 0 Å². The lowest BCUT2D eigenvalue weighted by molar-refractivity contribution is 0.217. The Morgan fingerprint density at radius 1 is 1.29 bits per heavy atom. The average molecular weight is 373 g/mol. The van der Waals surface area contributed by atoms with Crippen LogP contribution in [0.4, 0.5) is 0 Å². The molecule has 118 valence electrons. The van der Waals surface area contributed by atoms with Crippen molar-refractivity contribution in [3.05, 3.63) is 33.3 Å². The van der Waals surface area contributed by atoms with Gasteiger partial charge in [-0.3, -0.25) is 0 Å². The van der Waals surface area contributed by atoms with E-state index in [1.807, 2.05) is 6.07 Å². The van der Waals surface area contributed by atoms with Crippen LogP contribution in [0.1, 0.15) is 51.0 Å². The van der Waals surface area contributed by atoms with Gasteiger partial charge < -0.3 is 5.32 Å². The highest BCUT2D eigenvalue weighted by atomic mass is 79.9. The van der Waals surface area contributed by atoms with Crippen LogP contribution in [-0.2, 0) is 6.42 Å². The maximum absolute atomic E-state index is 6.38. The topological polar surface area (TPSA) is 12.0 Å². The van der Waals surface area contributed by atoms with Gasteiger partial charge in [0.25, 0.3) is 0 Å². The van der Waals surface area contributed by atoms with E-state index in [9.17, 15) is 0 Å². The summed E-state index contributed by atoms with van der Waals surface area (Å²) in [5, 5.41) is 4.42. The van der Waals surface area contributed by atoms with Crippen molar-refractivity contribution < 1.29 is 0 Å². The number of benzene rings is 1. The number of nitrogens with one attached hydrogen (secondary N) is 1. The van der Waals surface area contributed by atoms with Crippen molar-refractivity contribution >= 4 is 27.5 Å². The normalized spacial score (nSPS) is 24.0. The Hall–Kier alpha value is -0.0500. The molecule has 1 aromatic carbocycles. The molecule has 1 fully saturated rings. The first-order chi connectivity index (χ1) is 10.1. The van der Waals surface area contributed by atoms with Crippen molar-refractivity contribution in [1.29, 1.82) is 0 Å². The quantitative estimate of drug-likeness (QED) is 0.661. The smallest absolute Gasteiger partial charge is 0.0449 e. The van der Waals surface area contributed by atoms with E-state index < -0.39 is 0 Å². The van der Waals surface area contributed by atoms with Gasteiger partial charge in [0.15, 0.2) is 0 Å². The predicted octanol–water partition coefficient (Wildman–Crippen LogP) is 5.84. The number of hydrogen-bond donors (Lipinski definition) is 1. The highest BCUT2D eigenvalue weighted by Crippen LogP contribution is 2.34. The van der Waals surface area contributed by atoms with Crippen LogP contribution in [0.15, 0.2) is 22.7 Å². The van der Waals surface area contributed by atoms with Crippen molar-refractivity contribution in [2.75, 3.05) is 7.05 Å². The molecule has 1 unspecified atom stereocenters. The van der Waals surface area contributed by atoms with E-state index in [1.54, 1.807) is 0 Å². The van der Waals surface area contributed by atoms with Gasteiger partial charge in [0, 0.05) is 15.5 Å². The highest BCUT2D eigenvalue weighted by Gasteiger charge is 2.26.